The van der Waals surface area contributed by atoms with E-state index in [1.165, 1.54) is 0 Å². The second kappa shape index (κ2) is 7.31. The van der Waals surface area contributed by atoms with Gasteiger partial charge in [-0.25, -0.2) is 0 Å². The van der Waals surface area contributed by atoms with Crippen molar-refractivity contribution in [2.24, 2.45) is 10.2 Å². The van der Waals surface area contributed by atoms with Gasteiger partial charge in [0.2, 0.25) is 0 Å². The van der Waals surface area contributed by atoms with Crippen molar-refractivity contribution in [2.45, 2.75) is 27.7 Å². The Labute approximate surface area is 115 Å². The van der Waals surface area contributed by atoms with Gasteiger partial charge in [0.25, 0.3) is 0 Å². The van der Waals surface area contributed by atoms with Crippen LogP contribution in [0.4, 0.5) is 17.1 Å². The van der Waals surface area contributed by atoms with Crippen LogP contribution in [0, 0.1) is 13.8 Å². The van der Waals surface area contributed by atoms with Crippen LogP contribution in [0.1, 0.15) is 25.0 Å². The summed E-state index contributed by atoms with van der Waals surface area (Å²) < 4.78 is 0. The Hall–Kier alpha value is -2.16. The van der Waals surface area contributed by atoms with Crippen LogP contribution in [0.15, 0.2) is 52.7 Å². The Balaban J connectivity index is 0.000000861. The molecule has 0 heterocycles. The number of hydrogen-bond donors (Lipinski definition) is 1. The molecule has 100 valence electrons. The zero-order valence-electron chi connectivity index (χ0n) is 12.0. The van der Waals surface area contributed by atoms with Gasteiger partial charge in [-0.3, -0.25) is 0 Å². The molecule has 3 nitrogen and oxygen atoms in total. The van der Waals surface area contributed by atoms with Crippen molar-refractivity contribution in [3.05, 3.63) is 53.6 Å². The van der Waals surface area contributed by atoms with Gasteiger partial charge in [-0.2, -0.15) is 10.2 Å². The van der Waals surface area contributed by atoms with Crippen LogP contribution in [0.5, 0.6) is 0 Å². The van der Waals surface area contributed by atoms with Gasteiger partial charge in [0.1, 0.15) is 0 Å². The maximum absolute atomic E-state index is 5.75. The average Bonchev–Trinajstić information content (AvgIpc) is 2.44. The van der Waals surface area contributed by atoms with E-state index in [4.69, 9.17) is 5.73 Å². The van der Waals surface area contributed by atoms with Crippen LogP contribution in [-0.4, -0.2) is 0 Å². The largest absolute Gasteiger partial charge is 0.399 e. The van der Waals surface area contributed by atoms with Crippen molar-refractivity contribution in [1.29, 1.82) is 0 Å². The summed E-state index contributed by atoms with van der Waals surface area (Å²) in [6.07, 6.45) is 0. The lowest BCUT2D eigenvalue weighted by molar-refractivity contribution is 1.20. The van der Waals surface area contributed by atoms with E-state index in [0.29, 0.717) is 0 Å². The lowest BCUT2D eigenvalue weighted by Gasteiger charge is -2.00. The highest BCUT2D eigenvalue weighted by molar-refractivity contribution is 5.54. The fourth-order valence-electron chi connectivity index (χ4n) is 1.51. The van der Waals surface area contributed by atoms with Crippen molar-refractivity contribution >= 4 is 17.1 Å². The number of anilines is 1. The lowest BCUT2D eigenvalue weighted by atomic mass is 10.2. The monoisotopic (exact) mass is 255 g/mol. The molecule has 0 spiro atoms. The molecule has 2 aromatic carbocycles. The number of nitrogens with zero attached hydrogens (tertiary/aromatic N) is 2. The molecule has 0 aliphatic rings. The van der Waals surface area contributed by atoms with Crippen molar-refractivity contribution in [1.82, 2.24) is 0 Å². The van der Waals surface area contributed by atoms with Gasteiger partial charge in [-0.05, 0) is 49.2 Å². The Morgan fingerprint density at radius 3 is 2.16 bits per heavy atom. The average molecular weight is 255 g/mol. The van der Waals surface area contributed by atoms with Crippen LogP contribution in [0.25, 0.3) is 0 Å². The molecule has 0 fully saturated rings. The molecule has 19 heavy (non-hydrogen) atoms. The van der Waals surface area contributed by atoms with Crippen molar-refractivity contribution in [3.8, 4) is 0 Å². The summed E-state index contributed by atoms with van der Waals surface area (Å²) in [6, 6.07) is 13.5. The quantitative estimate of drug-likeness (QED) is 0.572. The fraction of sp³-hybridized carbons (Fsp3) is 0.250. The number of aryl methyl sites for hydroxylation is 2. The van der Waals surface area contributed by atoms with Gasteiger partial charge < -0.3 is 5.73 Å². The first-order valence-electron chi connectivity index (χ1n) is 6.50. The minimum Gasteiger partial charge on any atom is -0.399 e. The summed E-state index contributed by atoms with van der Waals surface area (Å²) in [5, 5.41) is 8.44. The van der Waals surface area contributed by atoms with E-state index in [1.807, 2.05) is 70.2 Å². The minimum atomic E-state index is 0.778. The van der Waals surface area contributed by atoms with Crippen LogP contribution >= 0.6 is 0 Å². The highest BCUT2D eigenvalue weighted by atomic mass is 15.1. The minimum absolute atomic E-state index is 0.778. The highest BCUT2D eigenvalue weighted by Gasteiger charge is 1.96. The predicted molar refractivity (Wildman–Crippen MR) is 82.3 cm³/mol. The van der Waals surface area contributed by atoms with E-state index in [2.05, 4.69) is 10.2 Å². The van der Waals surface area contributed by atoms with E-state index < -0.39 is 0 Å². The smallest absolute Gasteiger partial charge is 0.0886 e. The van der Waals surface area contributed by atoms with E-state index in [-0.39, 0.29) is 0 Å². The molecule has 0 saturated heterocycles. The molecule has 2 N–H and O–H groups in total. The maximum Gasteiger partial charge on any atom is 0.0886 e. The van der Waals surface area contributed by atoms with E-state index in [0.717, 1.165) is 28.2 Å². The molecule has 0 unspecified atom stereocenters. The summed E-state index contributed by atoms with van der Waals surface area (Å²) in [6.45, 7) is 7.98. The Morgan fingerprint density at radius 1 is 0.842 bits per heavy atom. The topological polar surface area (TPSA) is 50.7 Å². The molecule has 0 aliphatic carbocycles. The molecule has 0 atom stereocenters. The summed E-state index contributed by atoms with van der Waals surface area (Å²) in [5.74, 6) is 0. The molecule has 0 amide bonds. The van der Waals surface area contributed by atoms with Gasteiger partial charge in [0.05, 0.1) is 11.4 Å². The number of benzene rings is 2. The summed E-state index contributed by atoms with van der Waals surface area (Å²) >= 11 is 0. The number of nitrogen functional groups attached to an aromatic ring is 1. The van der Waals surface area contributed by atoms with Gasteiger partial charge >= 0.3 is 0 Å². The third-order valence-electron chi connectivity index (χ3n) is 2.64. The van der Waals surface area contributed by atoms with Crippen molar-refractivity contribution < 1.29 is 0 Å². The third-order valence-corrected chi connectivity index (χ3v) is 2.64. The summed E-state index contributed by atoms with van der Waals surface area (Å²) in [4.78, 5) is 0. The molecule has 0 aromatic heterocycles. The van der Waals surface area contributed by atoms with Crippen molar-refractivity contribution in [2.75, 3.05) is 5.73 Å². The third kappa shape index (κ3) is 4.21. The number of hydrogen-bond acceptors (Lipinski definition) is 3. The molecule has 0 radical (unpaired) electrons. The van der Waals surface area contributed by atoms with Crippen LogP contribution < -0.4 is 5.73 Å². The SMILES string of the molecule is CC.Cc1cc(N=Nc2ccccc2C)ccc1N. The van der Waals surface area contributed by atoms with Crippen LogP contribution in [0.3, 0.4) is 0 Å². The summed E-state index contributed by atoms with van der Waals surface area (Å²) in [7, 11) is 0. The second-order valence-electron chi connectivity index (χ2n) is 4.03. The number of nitrogens with two attached hydrogens (primary N) is 1. The van der Waals surface area contributed by atoms with E-state index in [1.54, 1.807) is 0 Å². The van der Waals surface area contributed by atoms with Crippen LogP contribution in [-0.2, 0) is 0 Å². The molecular weight excluding hydrogens is 234 g/mol. The number of rotatable bonds is 2. The zero-order valence-corrected chi connectivity index (χ0v) is 12.0. The molecule has 3 heteroatoms. The molecule has 2 aromatic rings. The van der Waals surface area contributed by atoms with Crippen LogP contribution in [0.2, 0.25) is 0 Å². The maximum atomic E-state index is 5.75. The fourth-order valence-corrected chi connectivity index (χ4v) is 1.51. The predicted octanol–water partition coefficient (Wildman–Crippen LogP) is 5.33. The van der Waals surface area contributed by atoms with E-state index in [9.17, 15) is 0 Å². The molecular formula is C16H21N3. The first kappa shape index (κ1) is 14.9. The lowest BCUT2D eigenvalue weighted by Crippen LogP contribution is -1.87. The zero-order chi connectivity index (χ0) is 14.3. The number of azo groups is 1. The normalized spacial score (nSPS) is 10.1. The Kier molecular flexibility index (Phi) is 5.73. The van der Waals surface area contributed by atoms with Gasteiger partial charge in [0.15, 0.2) is 0 Å². The van der Waals surface area contributed by atoms with Crippen molar-refractivity contribution in [3.63, 3.8) is 0 Å². The van der Waals surface area contributed by atoms with Gasteiger partial charge in [0, 0.05) is 5.69 Å². The standard InChI is InChI=1S/C14H15N3.C2H6/c1-10-5-3-4-6-14(10)17-16-12-7-8-13(15)11(2)9-12;1-2/h3-9H,15H2,1-2H3;1-2H3. The van der Waals surface area contributed by atoms with Gasteiger partial charge in [-0.1, -0.05) is 32.0 Å². The Morgan fingerprint density at radius 2 is 1.53 bits per heavy atom. The first-order chi connectivity index (χ1) is 9.16. The van der Waals surface area contributed by atoms with Gasteiger partial charge in [-0.15, -0.1) is 0 Å². The first-order valence-corrected chi connectivity index (χ1v) is 6.50. The van der Waals surface area contributed by atoms with E-state index >= 15 is 0 Å². The highest BCUT2D eigenvalue weighted by Crippen LogP contribution is 2.23. The molecule has 2 rings (SSSR count). The molecule has 0 aliphatic heterocycles. The molecule has 0 bridgehead atoms. The summed E-state index contributed by atoms with van der Waals surface area (Å²) in [5.41, 5.74) is 10.4. The second-order valence-corrected chi connectivity index (χ2v) is 4.03. The molecule has 0 saturated carbocycles. The Bertz CT molecular complexity index is 560.